The zero-order valence-corrected chi connectivity index (χ0v) is 20.2. The van der Waals surface area contributed by atoms with Crippen molar-refractivity contribution in [1.82, 2.24) is 4.98 Å². The maximum absolute atomic E-state index is 13.6. The number of carbonyl (C=O) groups is 1. The Bertz CT molecular complexity index is 1160. The van der Waals surface area contributed by atoms with E-state index in [1.54, 1.807) is 18.2 Å². The van der Waals surface area contributed by atoms with Crippen LogP contribution in [0.25, 0.3) is 28.6 Å². The second-order valence-electron chi connectivity index (χ2n) is 8.14. The van der Waals surface area contributed by atoms with Gasteiger partial charge in [-0.2, -0.15) is 0 Å². The molecule has 0 aliphatic rings. The van der Waals surface area contributed by atoms with E-state index >= 15 is 0 Å². The molecule has 176 valence electrons. The Morgan fingerprint density at radius 2 is 1.82 bits per heavy atom. The Hall–Kier alpha value is -3.21. The first-order valence-corrected chi connectivity index (χ1v) is 12.5. The Labute approximate surface area is 200 Å². The number of carboxylic acids is 1. The van der Waals surface area contributed by atoms with Gasteiger partial charge in [0.05, 0.1) is 11.4 Å². The van der Waals surface area contributed by atoms with Gasteiger partial charge >= 0.3 is 14.0 Å². The minimum Gasteiger partial charge on any atom is -0.481 e. The number of benzene rings is 2. The molecule has 0 aliphatic heterocycles. The molecule has 1 unspecified atom stereocenters. The first-order chi connectivity index (χ1) is 16.3. The summed E-state index contributed by atoms with van der Waals surface area (Å²) in [6.07, 6.45) is 4.17. The molecule has 34 heavy (non-hydrogen) atoms. The van der Waals surface area contributed by atoms with Crippen LogP contribution >= 0.6 is 8.03 Å². The van der Waals surface area contributed by atoms with E-state index in [-0.39, 0.29) is 30.9 Å². The van der Waals surface area contributed by atoms with Gasteiger partial charge in [-0.3, -0.25) is 4.79 Å². The average molecular weight is 480 g/mol. The lowest BCUT2D eigenvalue weighted by Crippen LogP contribution is -2.01. The minimum absolute atomic E-state index is 0.0293. The van der Waals surface area contributed by atoms with E-state index in [4.69, 9.17) is 14.6 Å². The smallest absolute Gasteiger partial charge is 0.481 e. The standard InChI is InChI=1S/C27H27FNO4P/c1-19(2)24-18-25(20-8-4-3-5-9-20)29-27(21-12-14-22(28)15-13-21)23(24)10-6-16-33-34(32)17-7-11-26(30)31/h3-6,8-10,12-15,18-19H,7,11,16-17H2,1-2H3/p+1. The molecule has 0 aliphatic carbocycles. The van der Waals surface area contributed by atoms with E-state index in [2.05, 4.69) is 19.9 Å². The van der Waals surface area contributed by atoms with Crippen LogP contribution in [0.4, 0.5) is 4.39 Å². The molecule has 3 aromatic rings. The molecule has 0 amide bonds. The molecule has 0 fully saturated rings. The fourth-order valence-corrected chi connectivity index (χ4v) is 4.33. The molecule has 0 saturated heterocycles. The highest BCUT2D eigenvalue weighted by atomic mass is 31.1. The van der Waals surface area contributed by atoms with E-state index in [0.29, 0.717) is 6.42 Å². The van der Waals surface area contributed by atoms with Crippen molar-refractivity contribution in [1.29, 1.82) is 0 Å². The lowest BCUT2D eigenvalue weighted by Gasteiger charge is -2.17. The van der Waals surface area contributed by atoms with Crippen LogP contribution in [0.1, 0.15) is 43.7 Å². The van der Waals surface area contributed by atoms with E-state index < -0.39 is 14.0 Å². The number of nitrogens with zero attached hydrogens (tertiary/aromatic N) is 1. The van der Waals surface area contributed by atoms with Gasteiger partial charge in [-0.15, -0.1) is 4.52 Å². The maximum Gasteiger partial charge on any atom is 0.508 e. The summed E-state index contributed by atoms with van der Waals surface area (Å²) in [6, 6.07) is 18.2. The van der Waals surface area contributed by atoms with Gasteiger partial charge in [-0.1, -0.05) is 56.3 Å². The fourth-order valence-electron chi connectivity index (χ4n) is 3.53. The van der Waals surface area contributed by atoms with E-state index in [1.807, 2.05) is 36.4 Å². The van der Waals surface area contributed by atoms with Gasteiger partial charge in [0.25, 0.3) is 0 Å². The molecule has 3 rings (SSSR count). The Morgan fingerprint density at radius 1 is 1.12 bits per heavy atom. The Morgan fingerprint density at radius 3 is 2.47 bits per heavy atom. The van der Waals surface area contributed by atoms with E-state index in [1.165, 1.54) is 12.1 Å². The molecule has 0 saturated carbocycles. The third-order valence-corrected chi connectivity index (χ3v) is 6.35. The second kappa shape index (κ2) is 12.3. The van der Waals surface area contributed by atoms with Gasteiger partial charge in [0.15, 0.2) is 6.16 Å². The number of hydrogen-bond donors (Lipinski definition) is 1. The average Bonchev–Trinajstić information content (AvgIpc) is 2.82. The number of aliphatic carboxylic acids is 1. The highest BCUT2D eigenvalue weighted by Crippen LogP contribution is 2.34. The second-order valence-corrected chi connectivity index (χ2v) is 9.51. The van der Waals surface area contributed by atoms with Crippen LogP contribution in [0.15, 0.2) is 66.7 Å². The summed E-state index contributed by atoms with van der Waals surface area (Å²) in [7, 11) is -1.92. The summed E-state index contributed by atoms with van der Waals surface area (Å²) >= 11 is 0. The van der Waals surface area contributed by atoms with Crippen molar-refractivity contribution < 1.29 is 23.4 Å². The predicted molar refractivity (Wildman–Crippen MR) is 133 cm³/mol. The zero-order chi connectivity index (χ0) is 24.5. The fraction of sp³-hybridized carbons (Fsp3) is 0.259. The molecule has 1 N–H and O–H groups in total. The summed E-state index contributed by atoms with van der Waals surface area (Å²) in [4.78, 5) is 15.5. The monoisotopic (exact) mass is 480 g/mol. The SMILES string of the molecule is CC(C)c1cc(-c2ccccc2)nc(-c2ccc(F)cc2)c1C=CCO[P+](=O)CCCC(=O)O. The maximum atomic E-state index is 13.6. The molecule has 1 atom stereocenters. The molecule has 0 radical (unpaired) electrons. The number of rotatable bonds is 11. The topological polar surface area (TPSA) is 76.5 Å². The van der Waals surface area contributed by atoms with Crippen LogP contribution in [0.3, 0.4) is 0 Å². The molecule has 2 aromatic carbocycles. The molecule has 5 nitrogen and oxygen atoms in total. The van der Waals surface area contributed by atoms with Crippen LogP contribution in [0.2, 0.25) is 0 Å². The van der Waals surface area contributed by atoms with E-state index in [0.717, 1.165) is 33.6 Å². The number of aromatic nitrogens is 1. The molecule has 1 heterocycles. The molecular weight excluding hydrogens is 452 g/mol. The molecule has 0 bridgehead atoms. The number of halogens is 1. The Kier molecular flexibility index (Phi) is 9.20. The van der Waals surface area contributed by atoms with Crippen molar-refractivity contribution in [2.45, 2.75) is 32.6 Å². The molecular formula is C27H28FNO4P+. The van der Waals surface area contributed by atoms with Crippen LogP contribution in [0.5, 0.6) is 0 Å². The van der Waals surface area contributed by atoms with Crippen LogP contribution < -0.4 is 0 Å². The number of pyridine rings is 1. The minimum atomic E-state index is -1.92. The predicted octanol–water partition coefficient (Wildman–Crippen LogP) is 7.32. The third kappa shape index (κ3) is 7.14. The Balaban J connectivity index is 1.93. The van der Waals surface area contributed by atoms with Gasteiger partial charge in [-0.05, 0) is 46.4 Å². The molecule has 0 spiro atoms. The van der Waals surface area contributed by atoms with Gasteiger partial charge in [0, 0.05) is 29.5 Å². The van der Waals surface area contributed by atoms with Gasteiger partial charge in [-0.25, -0.2) is 9.37 Å². The van der Waals surface area contributed by atoms with Crippen molar-refractivity contribution >= 4 is 20.1 Å². The van der Waals surface area contributed by atoms with Crippen LogP contribution in [0, 0.1) is 5.82 Å². The van der Waals surface area contributed by atoms with Crippen molar-refractivity contribution in [2.24, 2.45) is 0 Å². The lowest BCUT2D eigenvalue weighted by molar-refractivity contribution is -0.137. The number of carboxylic acid groups (broad SMARTS) is 1. The quantitative estimate of drug-likeness (QED) is 0.291. The van der Waals surface area contributed by atoms with Crippen molar-refractivity contribution in [2.75, 3.05) is 12.8 Å². The molecule has 7 heteroatoms. The van der Waals surface area contributed by atoms with E-state index in [9.17, 15) is 13.8 Å². The van der Waals surface area contributed by atoms with Gasteiger partial charge in [0.1, 0.15) is 12.4 Å². The molecule has 1 aromatic heterocycles. The van der Waals surface area contributed by atoms with Gasteiger partial charge < -0.3 is 5.11 Å². The third-order valence-electron chi connectivity index (χ3n) is 5.23. The van der Waals surface area contributed by atoms with Crippen LogP contribution in [-0.2, 0) is 13.9 Å². The highest BCUT2D eigenvalue weighted by molar-refractivity contribution is 7.39. The summed E-state index contributed by atoms with van der Waals surface area (Å²) in [5.41, 5.74) is 5.32. The van der Waals surface area contributed by atoms with Gasteiger partial charge in [0.2, 0.25) is 0 Å². The first-order valence-electron chi connectivity index (χ1n) is 11.2. The normalized spacial score (nSPS) is 11.8. The highest BCUT2D eigenvalue weighted by Gasteiger charge is 2.18. The first kappa shape index (κ1) is 25.4. The summed E-state index contributed by atoms with van der Waals surface area (Å²) in [6.45, 7) is 4.33. The van der Waals surface area contributed by atoms with Crippen LogP contribution in [-0.4, -0.2) is 28.8 Å². The zero-order valence-electron chi connectivity index (χ0n) is 19.3. The summed E-state index contributed by atoms with van der Waals surface area (Å²) in [5.74, 6) is -1.04. The van der Waals surface area contributed by atoms with Crippen molar-refractivity contribution in [3.63, 3.8) is 0 Å². The summed E-state index contributed by atoms with van der Waals surface area (Å²) < 4.78 is 30.9. The van der Waals surface area contributed by atoms with Crippen molar-refractivity contribution in [3.05, 3.63) is 83.7 Å². The number of hydrogen-bond acceptors (Lipinski definition) is 4. The van der Waals surface area contributed by atoms with Crippen molar-refractivity contribution in [3.8, 4) is 22.5 Å². The summed E-state index contributed by atoms with van der Waals surface area (Å²) in [5, 5.41) is 8.69. The lowest BCUT2D eigenvalue weighted by atomic mass is 9.91. The largest absolute Gasteiger partial charge is 0.508 e.